The van der Waals surface area contributed by atoms with Crippen LogP contribution in [0.1, 0.15) is 12.0 Å². The second-order valence-corrected chi connectivity index (χ2v) is 4.64. The maximum absolute atomic E-state index is 7.29. The molecule has 0 radical (unpaired) electrons. The van der Waals surface area contributed by atoms with E-state index < -0.39 is 0 Å². The standard InChI is InChI=1S/C11H15ClN2OS/c1-16-6-2-5-15-8-3-4-9(11(13)14)10(12)7-8/h3-4,7H,2,5-6H2,1H3,(H3,13,14). The van der Waals surface area contributed by atoms with Crippen LogP contribution in [-0.2, 0) is 0 Å². The van der Waals surface area contributed by atoms with Gasteiger partial charge < -0.3 is 10.5 Å². The molecule has 0 aliphatic carbocycles. The van der Waals surface area contributed by atoms with Gasteiger partial charge in [-0.2, -0.15) is 11.8 Å². The van der Waals surface area contributed by atoms with Crippen LogP contribution in [0.15, 0.2) is 18.2 Å². The van der Waals surface area contributed by atoms with Crippen molar-refractivity contribution in [3.05, 3.63) is 28.8 Å². The first-order valence-corrected chi connectivity index (χ1v) is 6.68. The van der Waals surface area contributed by atoms with E-state index in [-0.39, 0.29) is 5.84 Å². The Bertz CT molecular complexity index is 371. The maximum Gasteiger partial charge on any atom is 0.124 e. The van der Waals surface area contributed by atoms with Crippen molar-refractivity contribution in [1.82, 2.24) is 0 Å². The molecule has 0 aliphatic heterocycles. The molecular weight excluding hydrogens is 244 g/mol. The van der Waals surface area contributed by atoms with E-state index in [0.29, 0.717) is 17.2 Å². The fourth-order valence-electron chi connectivity index (χ4n) is 1.20. The van der Waals surface area contributed by atoms with Crippen molar-refractivity contribution in [2.75, 3.05) is 18.6 Å². The van der Waals surface area contributed by atoms with E-state index >= 15 is 0 Å². The Morgan fingerprint density at radius 3 is 2.88 bits per heavy atom. The fraction of sp³-hybridized carbons (Fsp3) is 0.364. The Morgan fingerprint density at radius 1 is 1.56 bits per heavy atom. The van der Waals surface area contributed by atoms with Gasteiger partial charge in [0.05, 0.1) is 11.6 Å². The average Bonchev–Trinajstić information content (AvgIpc) is 2.24. The number of benzene rings is 1. The largest absolute Gasteiger partial charge is 0.494 e. The summed E-state index contributed by atoms with van der Waals surface area (Å²) in [5.41, 5.74) is 5.90. The lowest BCUT2D eigenvalue weighted by molar-refractivity contribution is 0.319. The lowest BCUT2D eigenvalue weighted by atomic mass is 10.2. The summed E-state index contributed by atoms with van der Waals surface area (Å²) >= 11 is 7.76. The molecule has 0 saturated heterocycles. The normalized spacial score (nSPS) is 10.1. The van der Waals surface area contributed by atoms with E-state index in [1.165, 1.54) is 0 Å². The molecule has 0 aromatic heterocycles. The predicted molar refractivity (Wildman–Crippen MR) is 71.0 cm³/mol. The number of thioether (sulfide) groups is 1. The molecule has 0 saturated carbocycles. The van der Waals surface area contributed by atoms with Gasteiger partial charge in [-0.15, -0.1) is 0 Å². The molecule has 0 bridgehead atoms. The summed E-state index contributed by atoms with van der Waals surface area (Å²) in [6.07, 6.45) is 3.08. The third kappa shape index (κ3) is 3.94. The van der Waals surface area contributed by atoms with Crippen molar-refractivity contribution in [1.29, 1.82) is 5.41 Å². The minimum absolute atomic E-state index is 0.0288. The molecule has 0 amide bonds. The lowest BCUT2D eigenvalue weighted by Crippen LogP contribution is -2.11. The number of hydrogen-bond acceptors (Lipinski definition) is 3. The highest BCUT2D eigenvalue weighted by Gasteiger charge is 2.04. The summed E-state index contributed by atoms with van der Waals surface area (Å²) in [5, 5.41) is 7.74. The highest BCUT2D eigenvalue weighted by Crippen LogP contribution is 2.22. The van der Waals surface area contributed by atoms with Gasteiger partial charge in [-0.05, 0) is 36.6 Å². The molecule has 0 aliphatic rings. The van der Waals surface area contributed by atoms with Crippen LogP contribution in [-0.4, -0.2) is 24.5 Å². The summed E-state index contributed by atoms with van der Waals surface area (Å²) in [4.78, 5) is 0. The number of rotatable bonds is 6. The SMILES string of the molecule is CSCCCOc1ccc(C(=N)N)c(Cl)c1. The number of nitrogens with one attached hydrogen (secondary N) is 1. The van der Waals surface area contributed by atoms with Crippen molar-refractivity contribution in [2.24, 2.45) is 5.73 Å². The molecule has 1 aromatic rings. The van der Waals surface area contributed by atoms with Crippen LogP contribution in [0.5, 0.6) is 5.75 Å². The second kappa shape index (κ2) is 6.66. The molecule has 0 fully saturated rings. The van der Waals surface area contributed by atoms with E-state index in [4.69, 9.17) is 27.5 Å². The molecule has 3 N–H and O–H groups in total. The predicted octanol–water partition coefficient (Wildman–Crippen LogP) is 2.76. The molecule has 1 rings (SSSR count). The first-order chi connectivity index (χ1) is 7.65. The summed E-state index contributed by atoms with van der Waals surface area (Å²) in [6, 6.07) is 5.17. The lowest BCUT2D eigenvalue weighted by Gasteiger charge is -2.08. The maximum atomic E-state index is 7.29. The average molecular weight is 259 g/mol. The number of ether oxygens (including phenoxy) is 1. The summed E-state index contributed by atoms with van der Waals surface area (Å²) in [5.74, 6) is 1.77. The van der Waals surface area contributed by atoms with E-state index in [1.54, 1.807) is 30.0 Å². The van der Waals surface area contributed by atoms with Gasteiger partial charge in [0.2, 0.25) is 0 Å². The van der Waals surface area contributed by atoms with E-state index in [1.807, 2.05) is 0 Å². The summed E-state index contributed by atoms with van der Waals surface area (Å²) in [7, 11) is 0. The van der Waals surface area contributed by atoms with E-state index in [9.17, 15) is 0 Å². The van der Waals surface area contributed by atoms with E-state index in [2.05, 4.69) is 6.26 Å². The van der Waals surface area contributed by atoms with Gasteiger partial charge in [0.1, 0.15) is 11.6 Å². The Kier molecular flexibility index (Phi) is 5.49. The minimum Gasteiger partial charge on any atom is -0.494 e. The van der Waals surface area contributed by atoms with Gasteiger partial charge >= 0.3 is 0 Å². The van der Waals surface area contributed by atoms with Crippen molar-refractivity contribution in [3.8, 4) is 5.75 Å². The van der Waals surface area contributed by atoms with Crippen molar-refractivity contribution in [3.63, 3.8) is 0 Å². The molecule has 0 heterocycles. The van der Waals surface area contributed by atoms with Crippen LogP contribution in [0.2, 0.25) is 5.02 Å². The number of hydrogen-bond donors (Lipinski definition) is 2. The second-order valence-electron chi connectivity index (χ2n) is 3.25. The molecule has 3 nitrogen and oxygen atoms in total. The molecule has 0 spiro atoms. The highest BCUT2D eigenvalue weighted by atomic mass is 35.5. The van der Waals surface area contributed by atoms with Crippen LogP contribution in [0.3, 0.4) is 0 Å². The van der Waals surface area contributed by atoms with Crippen molar-refractivity contribution in [2.45, 2.75) is 6.42 Å². The first kappa shape index (κ1) is 13.2. The van der Waals surface area contributed by atoms with Gasteiger partial charge in [0.25, 0.3) is 0 Å². The molecule has 16 heavy (non-hydrogen) atoms. The smallest absolute Gasteiger partial charge is 0.124 e. The summed E-state index contributed by atoms with van der Waals surface area (Å²) in [6.45, 7) is 0.677. The number of nitrogen functional groups attached to an aromatic ring is 1. The fourth-order valence-corrected chi connectivity index (χ4v) is 1.88. The number of nitrogens with two attached hydrogens (primary N) is 1. The molecule has 0 unspecified atom stereocenters. The molecular formula is C11H15ClN2OS. The summed E-state index contributed by atoms with van der Waals surface area (Å²) < 4.78 is 5.51. The Morgan fingerprint density at radius 2 is 2.31 bits per heavy atom. The van der Waals surface area contributed by atoms with Crippen LogP contribution in [0.25, 0.3) is 0 Å². The molecule has 1 aromatic carbocycles. The van der Waals surface area contributed by atoms with Crippen molar-refractivity contribution >= 4 is 29.2 Å². The molecule has 88 valence electrons. The van der Waals surface area contributed by atoms with Gasteiger partial charge in [-0.3, -0.25) is 5.41 Å². The Balaban J connectivity index is 2.56. The zero-order valence-corrected chi connectivity index (χ0v) is 10.7. The van der Waals surface area contributed by atoms with Gasteiger partial charge in [0.15, 0.2) is 0 Å². The highest BCUT2D eigenvalue weighted by molar-refractivity contribution is 7.98. The van der Waals surface area contributed by atoms with Gasteiger partial charge in [-0.25, -0.2) is 0 Å². The zero-order valence-electron chi connectivity index (χ0n) is 9.13. The molecule has 0 atom stereocenters. The van der Waals surface area contributed by atoms with Crippen molar-refractivity contribution < 1.29 is 4.74 Å². The van der Waals surface area contributed by atoms with Crippen LogP contribution in [0.4, 0.5) is 0 Å². The Hall–Kier alpha value is -0.870. The quantitative estimate of drug-likeness (QED) is 0.469. The minimum atomic E-state index is -0.0288. The van der Waals surface area contributed by atoms with Crippen LogP contribution >= 0.6 is 23.4 Å². The third-order valence-corrected chi connectivity index (χ3v) is 3.00. The number of halogens is 1. The number of amidine groups is 1. The Labute approximate surface area is 105 Å². The first-order valence-electron chi connectivity index (χ1n) is 4.91. The van der Waals surface area contributed by atoms with Gasteiger partial charge in [0, 0.05) is 5.56 Å². The van der Waals surface area contributed by atoms with Crippen LogP contribution < -0.4 is 10.5 Å². The monoisotopic (exact) mass is 258 g/mol. The van der Waals surface area contributed by atoms with E-state index in [0.717, 1.165) is 17.9 Å². The molecule has 5 heteroatoms. The van der Waals surface area contributed by atoms with Gasteiger partial charge in [-0.1, -0.05) is 11.6 Å². The van der Waals surface area contributed by atoms with Crippen LogP contribution in [0, 0.1) is 5.41 Å². The topological polar surface area (TPSA) is 59.1 Å². The zero-order chi connectivity index (χ0) is 12.0. The third-order valence-electron chi connectivity index (χ3n) is 1.99.